The Morgan fingerprint density at radius 3 is 2.37 bits per heavy atom. The number of amides is 1. The predicted octanol–water partition coefficient (Wildman–Crippen LogP) is 2.94. The van der Waals surface area contributed by atoms with Crippen LogP contribution in [0.2, 0.25) is 0 Å². The Morgan fingerprint density at radius 1 is 1.21 bits per heavy atom. The smallest absolute Gasteiger partial charge is 0.416 e. The van der Waals surface area contributed by atoms with Gasteiger partial charge in [0.25, 0.3) is 0 Å². The molecule has 0 unspecified atom stereocenters. The van der Waals surface area contributed by atoms with Gasteiger partial charge in [0.2, 0.25) is 0 Å². The maximum Gasteiger partial charge on any atom is 0.416 e. The number of anilines is 1. The summed E-state index contributed by atoms with van der Waals surface area (Å²) in [7, 11) is 0. The van der Waals surface area contributed by atoms with Crippen molar-refractivity contribution < 1.29 is 9.53 Å². The summed E-state index contributed by atoms with van der Waals surface area (Å²) in [4.78, 5) is 14.0. The molecule has 0 aliphatic carbocycles. The summed E-state index contributed by atoms with van der Waals surface area (Å²) in [6.07, 6.45) is 1.56. The van der Waals surface area contributed by atoms with Crippen molar-refractivity contribution in [2.75, 3.05) is 11.4 Å². The average Bonchev–Trinajstić information content (AvgIpc) is 2.70. The summed E-state index contributed by atoms with van der Waals surface area (Å²) in [5.41, 5.74) is 0.556. The fraction of sp³-hybridized carbons (Fsp3) is 0.714. The van der Waals surface area contributed by atoms with Crippen molar-refractivity contribution in [1.82, 2.24) is 9.78 Å². The van der Waals surface area contributed by atoms with E-state index in [4.69, 9.17) is 4.74 Å². The van der Waals surface area contributed by atoms with Crippen LogP contribution in [-0.4, -0.2) is 28.0 Å². The Balaban J connectivity index is 2.31. The minimum absolute atomic E-state index is 0.0435. The number of rotatable bonds is 0. The minimum Gasteiger partial charge on any atom is -0.443 e. The molecule has 1 aliphatic heterocycles. The standard InChI is InChI=1S/C14H23N3O2/c1-13(2,3)10-9-15-17-8-7-16(11(10)17)12(18)19-14(4,5)6/h9H,7-8H2,1-6H3. The van der Waals surface area contributed by atoms with Gasteiger partial charge in [-0.2, -0.15) is 5.10 Å². The second-order valence-electron chi connectivity index (χ2n) is 6.99. The van der Waals surface area contributed by atoms with Crippen LogP contribution >= 0.6 is 0 Å². The van der Waals surface area contributed by atoms with Gasteiger partial charge in [0.05, 0.1) is 19.3 Å². The molecule has 1 aromatic rings. The highest BCUT2D eigenvalue weighted by Crippen LogP contribution is 2.35. The molecule has 0 saturated carbocycles. The van der Waals surface area contributed by atoms with Crippen LogP contribution in [0.4, 0.5) is 10.6 Å². The zero-order valence-electron chi connectivity index (χ0n) is 12.6. The van der Waals surface area contributed by atoms with Crippen molar-refractivity contribution in [2.45, 2.75) is 59.1 Å². The SMILES string of the molecule is CC(C)(C)OC(=O)N1CCn2ncc(C(C)(C)C)c21. The van der Waals surface area contributed by atoms with Crippen LogP contribution < -0.4 is 4.90 Å². The first-order valence-corrected chi connectivity index (χ1v) is 6.66. The van der Waals surface area contributed by atoms with Gasteiger partial charge in [-0.1, -0.05) is 20.8 Å². The number of carbonyl (C=O) groups excluding carboxylic acids is 1. The van der Waals surface area contributed by atoms with Gasteiger partial charge in [-0.25, -0.2) is 9.48 Å². The zero-order valence-corrected chi connectivity index (χ0v) is 12.6. The molecule has 5 nitrogen and oxygen atoms in total. The summed E-state index contributed by atoms with van der Waals surface area (Å²) in [5.74, 6) is 0.877. The lowest BCUT2D eigenvalue weighted by atomic mass is 9.88. The first-order chi connectivity index (χ1) is 8.59. The van der Waals surface area contributed by atoms with Gasteiger partial charge in [0.15, 0.2) is 0 Å². The van der Waals surface area contributed by atoms with E-state index >= 15 is 0 Å². The number of fused-ring (bicyclic) bond motifs is 1. The summed E-state index contributed by atoms with van der Waals surface area (Å²) in [6.45, 7) is 13.4. The van der Waals surface area contributed by atoms with Crippen molar-refractivity contribution in [3.63, 3.8) is 0 Å². The average molecular weight is 265 g/mol. The Hall–Kier alpha value is -1.52. The lowest BCUT2D eigenvalue weighted by Gasteiger charge is -2.26. The largest absolute Gasteiger partial charge is 0.443 e. The Kier molecular flexibility index (Phi) is 3.11. The molecule has 106 valence electrons. The van der Waals surface area contributed by atoms with Crippen LogP contribution in [0.25, 0.3) is 0 Å². The number of hydrogen-bond donors (Lipinski definition) is 0. The molecule has 2 rings (SSSR count). The highest BCUT2D eigenvalue weighted by Gasteiger charge is 2.35. The molecule has 1 aromatic heterocycles. The van der Waals surface area contributed by atoms with Crippen LogP contribution in [0.1, 0.15) is 47.1 Å². The molecule has 0 N–H and O–H groups in total. The maximum absolute atomic E-state index is 12.3. The van der Waals surface area contributed by atoms with Gasteiger partial charge in [0.1, 0.15) is 11.4 Å². The van der Waals surface area contributed by atoms with E-state index in [-0.39, 0.29) is 11.5 Å². The van der Waals surface area contributed by atoms with Crippen LogP contribution in [-0.2, 0) is 16.7 Å². The molecule has 0 fully saturated rings. The molecule has 5 heteroatoms. The molecule has 0 aromatic carbocycles. The lowest BCUT2D eigenvalue weighted by Crippen LogP contribution is -2.36. The van der Waals surface area contributed by atoms with Gasteiger partial charge in [-0.3, -0.25) is 4.90 Å². The third kappa shape index (κ3) is 2.74. The quantitative estimate of drug-likeness (QED) is 0.724. The second kappa shape index (κ2) is 4.25. The van der Waals surface area contributed by atoms with Crippen molar-refractivity contribution >= 4 is 11.9 Å². The van der Waals surface area contributed by atoms with Gasteiger partial charge in [0, 0.05) is 5.56 Å². The monoisotopic (exact) mass is 265 g/mol. The summed E-state index contributed by atoms with van der Waals surface area (Å²) in [5, 5.41) is 4.36. The normalized spacial score (nSPS) is 15.6. The molecule has 0 radical (unpaired) electrons. The second-order valence-corrected chi connectivity index (χ2v) is 6.99. The molecule has 0 spiro atoms. The van der Waals surface area contributed by atoms with Crippen molar-refractivity contribution in [3.05, 3.63) is 11.8 Å². The van der Waals surface area contributed by atoms with Crippen molar-refractivity contribution in [1.29, 1.82) is 0 Å². The number of carbonyl (C=O) groups is 1. The highest BCUT2D eigenvalue weighted by atomic mass is 16.6. The van der Waals surface area contributed by atoms with Crippen LogP contribution in [0.3, 0.4) is 0 Å². The van der Waals surface area contributed by atoms with E-state index in [2.05, 4.69) is 25.9 Å². The van der Waals surface area contributed by atoms with E-state index in [0.29, 0.717) is 6.54 Å². The van der Waals surface area contributed by atoms with E-state index in [1.54, 1.807) is 4.90 Å². The molecule has 0 atom stereocenters. The van der Waals surface area contributed by atoms with E-state index < -0.39 is 5.60 Å². The highest BCUT2D eigenvalue weighted by molar-refractivity contribution is 5.88. The first kappa shape index (κ1) is 13.9. The molecular formula is C14H23N3O2. The van der Waals surface area contributed by atoms with Crippen LogP contribution in [0.5, 0.6) is 0 Å². The van der Waals surface area contributed by atoms with E-state index in [0.717, 1.165) is 17.9 Å². The number of nitrogens with zero attached hydrogens (tertiary/aromatic N) is 3. The third-order valence-electron chi connectivity index (χ3n) is 3.02. The molecule has 0 saturated heterocycles. The van der Waals surface area contributed by atoms with Gasteiger partial charge < -0.3 is 4.74 Å². The van der Waals surface area contributed by atoms with Crippen molar-refractivity contribution in [2.24, 2.45) is 0 Å². The number of ether oxygens (including phenoxy) is 1. The predicted molar refractivity (Wildman–Crippen MR) is 74.5 cm³/mol. The fourth-order valence-corrected chi connectivity index (χ4v) is 2.15. The van der Waals surface area contributed by atoms with Crippen LogP contribution in [0, 0.1) is 0 Å². The summed E-state index contributed by atoms with van der Waals surface area (Å²) >= 11 is 0. The summed E-state index contributed by atoms with van der Waals surface area (Å²) < 4.78 is 7.34. The van der Waals surface area contributed by atoms with Crippen molar-refractivity contribution in [3.8, 4) is 0 Å². The van der Waals surface area contributed by atoms with Gasteiger partial charge in [-0.05, 0) is 26.2 Å². The van der Waals surface area contributed by atoms with E-state index in [9.17, 15) is 4.79 Å². The van der Waals surface area contributed by atoms with E-state index in [1.165, 1.54) is 0 Å². The third-order valence-corrected chi connectivity index (χ3v) is 3.02. The van der Waals surface area contributed by atoms with Crippen LogP contribution in [0.15, 0.2) is 6.20 Å². The molecule has 19 heavy (non-hydrogen) atoms. The van der Waals surface area contributed by atoms with Gasteiger partial charge in [-0.15, -0.1) is 0 Å². The number of hydrogen-bond acceptors (Lipinski definition) is 3. The molecule has 0 bridgehead atoms. The maximum atomic E-state index is 12.3. The van der Waals surface area contributed by atoms with E-state index in [1.807, 2.05) is 31.6 Å². The fourth-order valence-electron chi connectivity index (χ4n) is 2.15. The Morgan fingerprint density at radius 2 is 1.84 bits per heavy atom. The lowest BCUT2D eigenvalue weighted by molar-refractivity contribution is 0.0583. The Bertz CT molecular complexity index is 492. The molecular weight excluding hydrogens is 242 g/mol. The van der Waals surface area contributed by atoms with Gasteiger partial charge >= 0.3 is 6.09 Å². The molecule has 1 amide bonds. The molecule has 2 heterocycles. The molecule has 1 aliphatic rings. The summed E-state index contributed by atoms with van der Waals surface area (Å²) in [6, 6.07) is 0. The first-order valence-electron chi connectivity index (χ1n) is 6.66. The Labute approximate surface area is 114 Å². The minimum atomic E-state index is -0.480. The topological polar surface area (TPSA) is 47.4 Å². The number of aromatic nitrogens is 2. The zero-order chi connectivity index (χ0) is 14.4.